The van der Waals surface area contributed by atoms with E-state index in [1.807, 2.05) is 0 Å². The molecule has 2 N–H and O–H groups in total. The van der Waals surface area contributed by atoms with Crippen LogP contribution in [-0.2, 0) is 16.6 Å². The molecule has 0 amide bonds. The van der Waals surface area contributed by atoms with Gasteiger partial charge in [-0.15, -0.1) is 11.3 Å². The second kappa shape index (κ2) is 5.90. The molecular weight excluding hydrogens is 299 g/mol. The first-order chi connectivity index (χ1) is 9.50. The molecule has 0 unspecified atom stereocenters. The highest BCUT2D eigenvalue weighted by molar-refractivity contribution is 7.93. The second-order valence-electron chi connectivity index (χ2n) is 4.06. The van der Waals surface area contributed by atoms with Gasteiger partial charge in [-0.25, -0.2) is 12.8 Å². The van der Waals surface area contributed by atoms with Crippen LogP contribution >= 0.6 is 11.3 Å². The molecule has 0 atom stereocenters. The van der Waals surface area contributed by atoms with Gasteiger partial charge in [0.15, 0.2) is 0 Å². The Balaban J connectivity index is 2.51. The van der Waals surface area contributed by atoms with Crippen LogP contribution in [0.4, 0.5) is 10.1 Å². The predicted octanol–water partition coefficient (Wildman–Crippen LogP) is 2.56. The third-order valence-electron chi connectivity index (χ3n) is 2.84. The molecule has 0 aliphatic carbocycles. The van der Waals surface area contributed by atoms with Crippen molar-refractivity contribution in [1.82, 2.24) is 0 Å². The van der Waals surface area contributed by atoms with Crippen LogP contribution in [0.5, 0.6) is 0 Å². The van der Waals surface area contributed by atoms with Gasteiger partial charge in [0.25, 0.3) is 10.0 Å². The Morgan fingerprint density at radius 1 is 1.35 bits per heavy atom. The van der Waals surface area contributed by atoms with Gasteiger partial charge in [-0.2, -0.15) is 0 Å². The van der Waals surface area contributed by atoms with E-state index in [0.29, 0.717) is 10.6 Å². The van der Waals surface area contributed by atoms with E-state index < -0.39 is 15.8 Å². The Morgan fingerprint density at radius 2 is 2.10 bits per heavy atom. The first-order valence-electron chi connectivity index (χ1n) is 6.05. The van der Waals surface area contributed by atoms with E-state index in [1.165, 1.54) is 39.9 Å². The molecule has 2 aromatic rings. The number of rotatable bonds is 5. The van der Waals surface area contributed by atoms with Crippen LogP contribution in [0, 0.1) is 5.82 Å². The highest BCUT2D eigenvalue weighted by Gasteiger charge is 2.26. The molecule has 0 radical (unpaired) electrons. The summed E-state index contributed by atoms with van der Waals surface area (Å²) in [6.45, 7) is 2.08. The van der Waals surface area contributed by atoms with E-state index in [2.05, 4.69) is 0 Å². The van der Waals surface area contributed by atoms with Crippen molar-refractivity contribution in [1.29, 1.82) is 0 Å². The first-order valence-corrected chi connectivity index (χ1v) is 8.37. The fourth-order valence-corrected chi connectivity index (χ4v) is 4.72. The van der Waals surface area contributed by atoms with Crippen molar-refractivity contribution in [3.8, 4) is 0 Å². The summed E-state index contributed by atoms with van der Waals surface area (Å²) in [6.07, 6.45) is 0. The van der Waals surface area contributed by atoms with Crippen molar-refractivity contribution in [2.24, 2.45) is 5.73 Å². The minimum absolute atomic E-state index is 0.160. The van der Waals surface area contributed by atoms with Gasteiger partial charge >= 0.3 is 0 Å². The molecule has 108 valence electrons. The van der Waals surface area contributed by atoms with Gasteiger partial charge in [-0.3, -0.25) is 4.31 Å². The van der Waals surface area contributed by atoms with Gasteiger partial charge in [-0.05, 0) is 36.6 Å². The molecule has 2 rings (SSSR count). The van der Waals surface area contributed by atoms with Gasteiger partial charge in [0.2, 0.25) is 0 Å². The lowest BCUT2D eigenvalue weighted by Gasteiger charge is -2.23. The van der Waals surface area contributed by atoms with Crippen molar-refractivity contribution >= 4 is 27.0 Å². The molecule has 0 saturated carbocycles. The molecule has 0 bridgehead atoms. The van der Waals surface area contributed by atoms with Crippen LogP contribution in [0.2, 0.25) is 0 Å². The average Bonchev–Trinajstić information content (AvgIpc) is 2.88. The lowest BCUT2D eigenvalue weighted by atomic mass is 10.3. The SMILES string of the molecule is CCN(c1cccc(F)c1)S(=O)(=O)c1ccsc1CN. The fraction of sp³-hybridized carbons (Fsp3) is 0.231. The Kier molecular flexibility index (Phi) is 4.42. The zero-order valence-corrected chi connectivity index (χ0v) is 12.5. The van der Waals surface area contributed by atoms with Gasteiger partial charge in [0, 0.05) is 18.0 Å². The largest absolute Gasteiger partial charge is 0.326 e. The van der Waals surface area contributed by atoms with Crippen LogP contribution in [0.1, 0.15) is 11.8 Å². The highest BCUT2D eigenvalue weighted by Crippen LogP contribution is 2.28. The van der Waals surface area contributed by atoms with E-state index in [-0.39, 0.29) is 18.0 Å². The van der Waals surface area contributed by atoms with Crippen LogP contribution in [0.3, 0.4) is 0 Å². The van der Waals surface area contributed by atoms with Crippen LogP contribution in [0.25, 0.3) is 0 Å². The molecule has 0 fully saturated rings. The van der Waals surface area contributed by atoms with Gasteiger partial charge in [0.05, 0.1) is 5.69 Å². The molecule has 0 aliphatic rings. The molecule has 7 heteroatoms. The molecule has 4 nitrogen and oxygen atoms in total. The maximum absolute atomic E-state index is 13.3. The zero-order chi connectivity index (χ0) is 14.8. The topological polar surface area (TPSA) is 63.4 Å². The van der Waals surface area contributed by atoms with Crippen molar-refractivity contribution < 1.29 is 12.8 Å². The van der Waals surface area contributed by atoms with Crippen LogP contribution < -0.4 is 10.0 Å². The third kappa shape index (κ3) is 2.70. The Bertz CT molecular complexity index is 698. The monoisotopic (exact) mass is 314 g/mol. The van der Waals surface area contributed by atoms with E-state index in [4.69, 9.17) is 5.73 Å². The lowest BCUT2D eigenvalue weighted by molar-refractivity contribution is 0.591. The molecule has 1 heterocycles. The Morgan fingerprint density at radius 3 is 2.70 bits per heavy atom. The van der Waals surface area contributed by atoms with E-state index in [1.54, 1.807) is 18.4 Å². The second-order valence-corrected chi connectivity index (χ2v) is 6.89. The summed E-state index contributed by atoms with van der Waals surface area (Å²) >= 11 is 1.30. The smallest absolute Gasteiger partial charge is 0.265 e. The number of halogens is 1. The summed E-state index contributed by atoms with van der Waals surface area (Å²) in [5.74, 6) is -0.472. The quantitative estimate of drug-likeness (QED) is 0.922. The number of hydrogen-bond donors (Lipinski definition) is 1. The number of sulfonamides is 1. The van der Waals surface area contributed by atoms with E-state index >= 15 is 0 Å². The molecule has 0 saturated heterocycles. The Hall–Kier alpha value is -1.44. The maximum atomic E-state index is 13.3. The van der Waals surface area contributed by atoms with E-state index in [9.17, 15) is 12.8 Å². The number of anilines is 1. The van der Waals surface area contributed by atoms with Crippen molar-refractivity contribution in [3.63, 3.8) is 0 Å². The summed E-state index contributed by atoms with van der Waals surface area (Å²) < 4.78 is 39.8. The minimum Gasteiger partial charge on any atom is -0.326 e. The minimum atomic E-state index is -3.72. The normalized spacial score (nSPS) is 11.6. The molecule has 0 spiro atoms. The van der Waals surface area contributed by atoms with Gasteiger partial charge < -0.3 is 5.73 Å². The third-order valence-corrected chi connectivity index (χ3v) is 5.90. The predicted molar refractivity (Wildman–Crippen MR) is 78.8 cm³/mol. The fourth-order valence-electron chi connectivity index (χ4n) is 1.95. The highest BCUT2D eigenvalue weighted by atomic mass is 32.2. The van der Waals surface area contributed by atoms with Crippen molar-refractivity contribution in [2.75, 3.05) is 10.8 Å². The molecule has 0 aliphatic heterocycles. The number of nitrogens with two attached hydrogens (primary N) is 1. The molecule has 1 aromatic carbocycles. The van der Waals surface area contributed by atoms with Gasteiger partial charge in [-0.1, -0.05) is 6.07 Å². The zero-order valence-electron chi connectivity index (χ0n) is 10.9. The number of nitrogens with zero attached hydrogens (tertiary/aromatic N) is 1. The van der Waals surface area contributed by atoms with Crippen molar-refractivity contribution in [3.05, 3.63) is 46.4 Å². The summed E-state index contributed by atoms with van der Waals surface area (Å²) in [5.41, 5.74) is 5.87. The first kappa shape index (κ1) is 15.0. The molecule has 1 aromatic heterocycles. The van der Waals surface area contributed by atoms with Crippen LogP contribution in [0.15, 0.2) is 40.6 Å². The maximum Gasteiger partial charge on any atom is 0.265 e. The Labute approximate surface area is 121 Å². The standard InChI is InChI=1S/C13H15FN2O2S2/c1-2-16(11-5-3-4-10(14)8-11)20(17,18)13-6-7-19-12(13)9-15/h3-8H,2,9,15H2,1H3. The molecule has 20 heavy (non-hydrogen) atoms. The van der Waals surface area contributed by atoms with Crippen LogP contribution in [-0.4, -0.2) is 15.0 Å². The number of benzene rings is 1. The number of thiophene rings is 1. The van der Waals surface area contributed by atoms with Gasteiger partial charge in [0.1, 0.15) is 10.7 Å². The summed E-state index contributed by atoms with van der Waals surface area (Å²) in [4.78, 5) is 0.788. The molecular formula is C13H15FN2O2S2. The lowest BCUT2D eigenvalue weighted by Crippen LogP contribution is -2.31. The summed E-state index contributed by atoms with van der Waals surface area (Å²) in [6, 6.07) is 7.07. The van der Waals surface area contributed by atoms with Crippen molar-refractivity contribution in [2.45, 2.75) is 18.4 Å². The average molecular weight is 314 g/mol. The van der Waals surface area contributed by atoms with E-state index in [0.717, 1.165) is 0 Å². The summed E-state index contributed by atoms with van der Waals surface area (Å²) in [5, 5.41) is 1.69. The number of hydrogen-bond acceptors (Lipinski definition) is 4. The summed E-state index contributed by atoms with van der Waals surface area (Å²) in [7, 11) is -3.72.